The molecular formula is C9H11NO. The topological polar surface area (TPSA) is 22.1 Å². The van der Waals surface area contributed by atoms with Crippen molar-refractivity contribution in [1.29, 1.82) is 0 Å². The molecule has 58 valence electrons. The van der Waals surface area contributed by atoms with Crippen molar-refractivity contribution in [1.82, 2.24) is 4.98 Å². The van der Waals surface area contributed by atoms with Crippen LogP contribution in [0.4, 0.5) is 0 Å². The van der Waals surface area contributed by atoms with E-state index >= 15 is 0 Å². The summed E-state index contributed by atoms with van der Waals surface area (Å²) in [7, 11) is 0. The largest absolute Gasteiger partial charge is 0.493 e. The number of hydrogen-bond donors (Lipinski definition) is 0. The van der Waals surface area contributed by atoms with E-state index in [1.807, 2.05) is 13.1 Å². The van der Waals surface area contributed by atoms with E-state index in [0.717, 1.165) is 24.5 Å². The Labute approximate surface area is 66.2 Å². The maximum absolute atomic E-state index is 5.47. The van der Waals surface area contributed by atoms with Crippen molar-refractivity contribution in [2.75, 3.05) is 6.61 Å². The Morgan fingerprint density at radius 3 is 3.09 bits per heavy atom. The van der Waals surface area contributed by atoms with Crippen molar-refractivity contribution < 1.29 is 4.74 Å². The molecule has 1 aliphatic heterocycles. The Hall–Kier alpha value is -1.05. The molecular weight excluding hydrogens is 138 g/mol. The molecule has 0 bridgehead atoms. The minimum absolute atomic E-state index is 0.821. The summed E-state index contributed by atoms with van der Waals surface area (Å²) in [6.07, 6.45) is 2.94. The van der Waals surface area contributed by atoms with Crippen molar-refractivity contribution >= 4 is 0 Å². The Morgan fingerprint density at radius 2 is 2.27 bits per heavy atom. The van der Waals surface area contributed by atoms with Gasteiger partial charge in [0.15, 0.2) is 0 Å². The van der Waals surface area contributed by atoms with Gasteiger partial charge in [0.05, 0.1) is 6.61 Å². The van der Waals surface area contributed by atoms with Crippen LogP contribution in [0, 0.1) is 13.8 Å². The lowest BCUT2D eigenvalue weighted by molar-refractivity contribution is 0.354. The molecule has 0 unspecified atom stereocenters. The van der Waals surface area contributed by atoms with E-state index < -0.39 is 0 Å². The van der Waals surface area contributed by atoms with Gasteiger partial charge in [0.2, 0.25) is 0 Å². The number of fused-ring (bicyclic) bond motifs is 1. The van der Waals surface area contributed by atoms with Crippen LogP contribution in [-0.2, 0) is 6.42 Å². The molecule has 0 aromatic carbocycles. The molecule has 2 heterocycles. The fraction of sp³-hybridized carbons (Fsp3) is 0.444. The first-order valence-corrected chi connectivity index (χ1v) is 3.87. The lowest BCUT2D eigenvalue weighted by atomic mass is 10.1. The molecule has 0 aliphatic carbocycles. The third-order valence-corrected chi connectivity index (χ3v) is 2.21. The Kier molecular flexibility index (Phi) is 1.34. The first-order chi connectivity index (χ1) is 5.29. The molecule has 0 saturated carbocycles. The normalized spacial score (nSPS) is 14.4. The number of hydrogen-bond acceptors (Lipinski definition) is 2. The fourth-order valence-corrected chi connectivity index (χ4v) is 1.38. The highest BCUT2D eigenvalue weighted by Crippen LogP contribution is 2.29. The van der Waals surface area contributed by atoms with Crippen molar-refractivity contribution in [2.45, 2.75) is 20.3 Å². The summed E-state index contributed by atoms with van der Waals surface area (Å²) in [6.45, 7) is 4.89. The second kappa shape index (κ2) is 2.22. The number of aromatic nitrogens is 1. The molecule has 2 heteroatoms. The van der Waals surface area contributed by atoms with Gasteiger partial charge in [-0.15, -0.1) is 0 Å². The zero-order valence-corrected chi connectivity index (χ0v) is 6.85. The average molecular weight is 149 g/mol. The second-order valence-electron chi connectivity index (χ2n) is 2.92. The minimum atomic E-state index is 0.821. The second-order valence-corrected chi connectivity index (χ2v) is 2.92. The van der Waals surface area contributed by atoms with Crippen LogP contribution in [0.25, 0.3) is 0 Å². The highest BCUT2D eigenvalue weighted by atomic mass is 16.5. The molecule has 1 aromatic heterocycles. The highest BCUT2D eigenvalue weighted by Gasteiger charge is 2.15. The summed E-state index contributed by atoms with van der Waals surface area (Å²) >= 11 is 0. The molecule has 2 rings (SSSR count). The maximum Gasteiger partial charge on any atom is 0.128 e. The van der Waals surface area contributed by atoms with Gasteiger partial charge in [0.1, 0.15) is 5.75 Å². The van der Waals surface area contributed by atoms with Crippen LogP contribution < -0.4 is 4.74 Å². The monoisotopic (exact) mass is 149 g/mol. The van der Waals surface area contributed by atoms with Crippen molar-refractivity contribution in [3.05, 3.63) is 23.0 Å². The molecule has 1 aliphatic rings. The molecule has 0 saturated heterocycles. The SMILES string of the molecule is Cc1ncc2c(c1C)OCC2. The standard InChI is InChI=1S/C9H11NO/c1-6-7(2)10-5-8-3-4-11-9(6)8/h5H,3-4H2,1-2H3. The first kappa shape index (κ1) is 6.65. The molecule has 0 spiro atoms. The Balaban J connectivity index is 2.62. The smallest absolute Gasteiger partial charge is 0.128 e. The van der Waals surface area contributed by atoms with E-state index in [0.29, 0.717) is 0 Å². The van der Waals surface area contributed by atoms with Crippen LogP contribution in [0.15, 0.2) is 6.20 Å². The van der Waals surface area contributed by atoms with Crippen molar-refractivity contribution in [3.8, 4) is 5.75 Å². The average Bonchev–Trinajstić information content (AvgIpc) is 2.45. The summed E-state index contributed by atoms with van der Waals surface area (Å²) in [5, 5.41) is 0. The van der Waals surface area contributed by atoms with E-state index in [4.69, 9.17) is 4.74 Å². The van der Waals surface area contributed by atoms with Gasteiger partial charge in [-0.3, -0.25) is 4.98 Å². The zero-order valence-electron chi connectivity index (χ0n) is 6.85. The Morgan fingerprint density at radius 1 is 1.45 bits per heavy atom. The summed E-state index contributed by atoms with van der Waals surface area (Å²) in [6, 6.07) is 0. The first-order valence-electron chi connectivity index (χ1n) is 3.87. The molecule has 2 nitrogen and oxygen atoms in total. The molecule has 11 heavy (non-hydrogen) atoms. The van der Waals surface area contributed by atoms with E-state index in [9.17, 15) is 0 Å². The van der Waals surface area contributed by atoms with Crippen molar-refractivity contribution in [3.63, 3.8) is 0 Å². The number of nitrogens with zero attached hydrogens (tertiary/aromatic N) is 1. The molecule has 0 fully saturated rings. The molecule has 1 aromatic rings. The van der Waals surface area contributed by atoms with E-state index in [2.05, 4.69) is 11.9 Å². The van der Waals surface area contributed by atoms with Gasteiger partial charge in [0, 0.05) is 29.4 Å². The van der Waals surface area contributed by atoms with Gasteiger partial charge in [-0.05, 0) is 13.8 Å². The third kappa shape index (κ3) is 0.897. The van der Waals surface area contributed by atoms with Crippen LogP contribution in [-0.4, -0.2) is 11.6 Å². The fourth-order valence-electron chi connectivity index (χ4n) is 1.38. The van der Waals surface area contributed by atoms with Crippen LogP contribution >= 0.6 is 0 Å². The van der Waals surface area contributed by atoms with Gasteiger partial charge in [0.25, 0.3) is 0 Å². The van der Waals surface area contributed by atoms with E-state index in [1.165, 1.54) is 11.1 Å². The van der Waals surface area contributed by atoms with Gasteiger partial charge in [-0.25, -0.2) is 0 Å². The summed E-state index contributed by atoms with van der Waals surface area (Å²) in [4.78, 5) is 4.27. The summed E-state index contributed by atoms with van der Waals surface area (Å²) in [5.74, 6) is 1.07. The quantitative estimate of drug-likeness (QED) is 0.559. The van der Waals surface area contributed by atoms with Crippen LogP contribution in [0.3, 0.4) is 0 Å². The van der Waals surface area contributed by atoms with Crippen LogP contribution in [0.5, 0.6) is 5.75 Å². The van der Waals surface area contributed by atoms with Gasteiger partial charge >= 0.3 is 0 Å². The van der Waals surface area contributed by atoms with Gasteiger partial charge in [-0.1, -0.05) is 0 Å². The van der Waals surface area contributed by atoms with E-state index in [-0.39, 0.29) is 0 Å². The number of aryl methyl sites for hydroxylation is 1. The maximum atomic E-state index is 5.47. The summed E-state index contributed by atoms with van der Waals surface area (Å²) < 4.78 is 5.47. The molecule has 0 N–H and O–H groups in total. The molecule has 0 atom stereocenters. The van der Waals surface area contributed by atoms with Crippen LogP contribution in [0.2, 0.25) is 0 Å². The lowest BCUT2D eigenvalue weighted by Crippen LogP contribution is -1.91. The van der Waals surface area contributed by atoms with Crippen LogP contribution in [0.1, 0.15) is 16.8 Å². The third-order valence-electron chi connectivity index (χ3n) is 2.21. The van der Waals surface area contributed by atoms with E-state index in [1.54, 1.807) is 0 Å². The molecule has 0 amide bonds. The minimum Gasteiger partial charge on any atom is -0.493 e. The Bertz CT molecular complexity index is 294. The molecule has 0 radical (unpaired) electrons. The lowest BCUT2D eigenvalue weighted by Gasteiger charge is -2.04. The number of rotatable bonds is 0. The zero-order chi connectivity index (χ0) is 7.84. The predicted molar refractivity (Wildman–Crippen MR) is 42.9 cm³/mol. The summed E-state index contributed by atoms with van der Waals surface area (Å²) in [5.41, 5.74) is 3.53. The van der Waals surface area contributed by atoms with Gasteiger partial charge in [-0.2, -0.15) is 0 Å². The number of ether oxygens (including phenoxy) is 1. The van der Waals surface area contributed by atoms with Crippen molar-refractivity contribution in [2.24, 2.45) is 0 Å². The highest BCUT2D eigenvalue weighted by molar-refractivity contribution is 5.43. The number of pyridine rings is 1. The predicted octanol–water partition coefficient (Wildman–Crippen LogP) is 1.63. The van der Waals surface area contributed by atoms with Gasteiger partial charge < -0.3 is 4.74 Å².